The van der Waals surface area contributed by atoms with Crippen molar-refractivity contribution >= 4 is 17.7 Å². The normalized spacial score (nSPS) is 13.9. The number of carbonyl (C=O) groups is 3. The van der Waals surface area contributed by atoms with Crippen molar-refractivity contribution < 1.29 is 24.6 Å². The van der Waals surface area contributed by atoms with Crippen LogP contribution in [0.2, 0.25) is 0 Å². The highest BCUT2D eigenvalue weighted by Crippen LogP contribution is 2.27. The van der Waals surface area contributed by atoms with Crippen molar-refractivity contribution in [2.75, 3.05) is 6.54 Å². The molecule has 6 heteroatoms. The SMILES string of the molecule is CC(C)(CC(=O)NCC(C)(O)C(=O)O)CC(=O)c1ccccc1. The van der Waals surface area contributed by atoms with E-state index in [1.54, 1.807) is 38.1 Å². The predicted octanol–water partition coefficient (Wildman–Crippen LogP) is 1.63. The van der Waals surface area contributed by atoms with Crippen molar-refractivity contribution in [1.82, 2.24) is 5.32 Å². The highest BCUT2D eigenvalue weighted by molar-refractivity contribution is 5.96. The van der Waals surface area contributed by atoms with E-state index in [1.165, 1.54) is 0 Å². The van der Waals surface area contributed by atoms with Gasteiger partial charge in [-0.2, -0.15) is 0 Å². The number of ketones is 1. The van der Waals surface area contributed by atoms with Gasteiger partial charge in [0.2, 0.25) is 5.91 Å². The van der Waals surface area contributed by atoms with Crippen LogP contribution in [-0.2, 0) is 9.59 Å². The van der Waals surface area contributed by atoms with Crippen molar-refractivity contribution in [1.29, 1.82) is 0 Å². The van der Waals surface area contributed by atoms with Gasteiger partial charge in [-0.1, -0.05) is 44.2 Å². The van der Waals surface area contributed by atoms with Crippen molar-refractivity contribution in [2.45, 2.75) is 39.2 Å². The Balaban J connectivity index is 2.56. The molecule has 0 bridgehead atoms. The molecule has 0 aliphatic heterocycles. The van der Waals surface area contributed by atoms with Crippen molar-refractivity contribution in [3.63, 3.8) is 0 Å². The third-order valence-electron chi connectivity index (χ3n) is 3.46. The number of aliphatic hydroxyl groups is 1. The smallest absolute Gasteiger partial charge is 0.337 e. The second-order valence-corrected chi connectivity index (χ2v) is 6.66. The fraction of sp³-hybridized carbons (Fsp3) is 0.471. The summed E-state index contributed by atoms with van der Waals surface area (Å²) in [5.74, 6) is -1.87. The molecule has 126 valence electrons. The van der Waals surface area contributed by atoms with E-state index in [0.717, 1.165) is 6.92 Å². The van der Waals surface area contributed by atoms with Crippen LogP contribution in [0.25, 0.3) is 0 Å². The average Bonchev–Trinajstić information content (AvgIpc) is 2.45. The Morgan fingerprint density at radius 1 is 1.04 bits per heavy atom. The predicted molar refractivity (Wildman–Crippen MR) is 85.1 cm³/mol. The van der Waals surface area contributed by atoms with E-state index in [0.29, 0.717) is 5.56 Å². The number of hydrogen-bond donors (Lipinski definition) is 3. The number of carboxylic acids is 1. The summed E-state index contributed by atoms with van der Waals surface area (Å²) in [6.45, 7) is 4.31. The molecular formula is C17H23NO5. The Morgan fingerprint density at radius 2 is 1.61 bits per heavy atom. The lowest BCUT2D eigenvalue weighted by atomic mass is 9.82. The summed E-state index contributed by atoms with van der Waals surface area (Å²) >= 11 is 0. The Labute approximate surface area is 135 Å². The third-order valence-corrected chi connectivity index (χ3v) is 3.46. The number of nitrogens with one attached hydrogen (secondary N) is 1. The van der Waals surface area contributed by atoms with Crippen molar-refractivity contribution in [2.24, 2.45) is 5.41 Å². The standard InChI is InChI=1S/C17H23NO5/c1-16(2,9-13(19)12-7-5-4-6-8-12)10-14(20)18-11-17(3,23)15(21)22/h4-8,23H,9-11H2,1-3H3,(H,18,20)(H,21,22). The minimum atomic E-state index is -2.01. The Bertz CT molecular complexity index is 578. The summed E-state index contributed by atoms with van der Waals surface area (Å²) < 4.78 is 0. The summed E-state index contributed by atoms with van der Waals surface area (Å²) in [4.78, 5) is 34.9. The number of hydrogen-bond acceptors (Lipinski definition) is 4. The Morgan fingerprint density at radius 3 is 2.13 bits per heavy atom. The van der Waals surface area contributed by atoms with Gasteiger partial charge in [0, 0.05) is 18.4 Å². The first-order chi connectivity index (χ1) is 10.5. The molecule has 0 saturated carbocycles. The van der Waals surface area contributed by atoms with Gasteiger partial charge in [0.15, 0.2) is 11.4 Å². The molecule has 0 aliphatic carbocycles. The molecule has 1 rings (SSSR count). The highest BCUT2D eigenvalue weighted by atomic mass is 16.4. The molecule has 1 atom stereocenters. The largest absolute Gasteiger partial charge is 0.479 e. The fourth-order valence-electron chi connectivity index (χ4n) is 2.07. The minimum Gasteiger partial charge on any atom is -0.479 e. The van der Waals surface area contributed by atoms with E-state index < -0.39 is 22.9 Å². The van der Waals surface area contributed by atoms with E-state index >= 15 is 0 Å². The number of rotatable bonds is 8. The van der Waals surface area contributed by atoms with Gasteiger partial charge in [-0.25, -0.2) is 4.79 Å². The molecule has 1 amide bonds. The molecule has 0 radical (unpaired) electrons. The number of benzene rings is 1. The topological polar surface area (TPSA) is 104 Å². The number of carboxylic acid groups (broad SMARTS) is 1. The Kier molecular flexibility index (Phi) is 6.04. The van der Waals surface area contributed by atoms with E-state index in [-0.39, 0.29) is 25.2 Å². The summed E-state index contributed by atoms with van der Waals surface area (Å²) in [5.41, 5.74) is -2.00. The highest BCUT2D eigenvalue weighted by Gasteiger charge is 2.31. The summed E-state index contributed by atoms with van der Waals surface area (Å²) in [5, 5.41) is 20.7. The van der Waals surface area contributed by atoms with Gasteiger partial charge < -0.3 is 15.5 Å². The molecule has 0 heterocycles. The van der Waals surface area contributed by atoms with Crippen LogP contribution in [0, 0.1) is 5.41 Å². The summed E-state index contributed by atoms with van der Waals surface area (Å²) in [6, 6.07) is 8.83. The van der Waals surface area contributed by atoms with Gasteiger partial charge in [-0.05, 0) is 12.3 Å². The van der Waals surface area contributed by atoms with Crippen LogP contribution < -0.4 is 5.32 Å². The molecule has 0 fully saturated rings. The van der Waals surface area contributed by atoms with Crippen LogP contribution in [0.3, 0.4) is 0 Å². The monoisotopic (exact) mass is 321 g/mol. The van der Waals surface area contributed by atoms with Crippen LogP contribution >= 0.6 is 0 Å². The van der Waals surface area contributed by atoms with Gasteiger partial charge in [0.25, 0.3) is 0 Å². The molecule has 3 N–H and O–H groups in total. The van der Waals surface area contributed by atoms with Crippen LogP contribution in [0.5, 0.6) is 0 Å². The van der Waals surface area contributed by atoms with Crippen LogP contribution in [-0.4, -0.2) is 40.0 Å². The molecule has 1 unspecified atom stereocenters. The molecule has 0 aliphatic rings. The zero-order valence-electron chi connectivity index (χ0n) is 13.6. The maximum atomic E-state index is 12.2. The third kappa shape index (κ3) is 6.20. The first kappa shape index (κ1) is 18.8. The lowest BCUT2D eigenvalue weighted by Crippen LogP contribution is -2.47. The molecule has 0 spiro atoms. The molecule has 1 aromatic rings. The van der Waals surface area contributed by atoms with E-state index in [4.69, 9.17) is 5.11 Å². The molecule has 0 saturated heterocycles. The zero-order valence-corrected chi connectivity index (χ0v) is 13.6. The lowest BCUT2D eigenvalue weighted by molar-refractivity contribution is -0.156. The minimum absolute atomic E-state index is 0.0547. The maximum Gasteiger partial charge on any atom is 0.337 e. The number of aliphatic carboxylic acids is 1. The Hall–Kier alpha value is -2.21. The van der Waals surface area contributed by atoms with E-state index in [9.17, 15) is 19.5 Å². The number of amides is 1. The molecule has 6 nitrogen and oxygen atoms in total. The first-order valence-electron chi connectivity index (χ1n) is 7.34. The van der Waals surface area contributed by atoms with Crippen LogP contribution in [0.1, 0.15) is 44.0 Å². The van der Waals surface area contributed by atoms with E-state index in [2.05, 4.69) is 5.32 Å². The number of Topliss-reactive ketones (excluding diaryl/α,β-unsaturated/α-hetero) is 1. The van der Waals surface area contributed by atoms with Gasteiger partial charge in [-0.3, -0.25) is 9.59 Å². The van der Waals surface area contributed by atoms with Gasteiger partial charge in [-0.15, -0.1) is 0 Å². The maximum absolute atomic E-state index is 12.2. The number of carbonyl (C=O) groups excluding carboxylic acids is 2. The van der Waals surface area contributed by atoms with Crippen LogP contribution in [0.4, 0.5) is 0 Å². The lowest BCUT2D eigenvalue weighted by Gasteiger charge is -2.24. The quantitative estimate of drug-likeness (QED) is 0.631. The van der Waals surface area contributed by atoms with Crippen LogP contribution in [0.15, 0.2) is 30.3 Å². The zero-order chi connectivity index (χ0) is 17.7. The van der Waals surface area contributed by atoms with E-state index in [1.807, 2.05) is 6.07 Å². The second kappa shape index (κ2) is 7.37. The molecular weight excluding hydrogens is 298 g/mol. The van der Waals surface area contributed by atoms with Gasteiger partial charge in [0.05, 0.1) is 6.54 Å². The fourth-order valence-corrected chi connectivity index (χ4v) is 2.07. The first-order valence-corrected chi connectivity index (χ1v) is 7.34. The van der Waals surface area contributed by atoms with Crippen molar-refractivity contribution in [3.8, 4) is 0 Å². The summed E-state index contributed by atoms with van der Waals surface area (Å²) in [6.07, 6.45) is 0.251. The summed E-state index contributed by atoms with van der Waals surface area (Å²) in [7, 11) is 0. The van der Waals surface area contributed by atoms with Gasteiger partial charge >= 0.3 is 5.97 Å². The second-order valence-electron chi connectivity index (χ2n) is 6.66. The molecule has 1 aromatic carbocycles. The molecule has 23 heavy (non-hydrogen) atoms. The molecule has 0 aromatic heterocycles. The average molecular weight is 321 g/mol. The van der Waals surface area contributed by atoms with Crippen molar-refractivity contribution in [3.05, 3.63) is 35.9 Å². The van der Waals surface area contributed by atoms with Gasteiger partial charge in [0.1, 0.15) is 0 Å².